The predicted molar refractivity (Wildman–Crippen MR) is 67.6 cm³/mol. The van der Waals surface area contributed by atoms with E-state index in [0.717, 1.165) is 6.42 Å². The molecule has 0 radical (unpaired) electrons. The lowest BCUT2D eigenvalue weighted by Crippen LogP contribution is -2.29. The van der Waals surface area contributed by atoms with Crippen molar-refractivity contribution in [2.45, 2.75) is 39.7 Å². The van der Waals surface area contributed by atoms with Gasteiger partial charge in [0.15, 0.2) is 0 Å². The molecule has 0 heterocycles. The molecule has 0 aliphatic carbocycles. The van der Waals surface area contributed by atoms with Crippen LogP contribution in [0.2, 0.25) is 0 Å². The molecule has 0 aliphatic rings. The highest BCUT2D eigenvalue weighted by atomic mass is 16.1. The van der Waals surface area contributed by atoms with E-state index in [2.05, 4.69) is 30.4 Å². The summed E-state index contributed by atoms with van der Waals surface area (Å²) in [6.07, 6.45) is 1.48. The molecule has 0 atom stereocenters. The molecule has 2 nitrogen and oxygen atoms in total. The van der Waals surface area contributed by atoms with E-state index < -0.39 is 0 Å². The van der Waals surface area contributed by atoms with Gasteiger partial charge in [-0.15, -0.1) is 0 Å². The molecular formula is C14H21NO. The van der Waals surface area contributed by atoms with Gasteiger partial charge in [-0.3, -0.25) is 4.79 Å². The summed E-state index contributed by atoms with van der Waals surface area (Å²) < 4.78 is 0. The highest BCUT2D eigenvalue weighted by Gasteiger charge is 2.03. The van der Waals surface area contributed by atoms with Crippen LogP contribution in [0.5, 0.6) is 0 Å². The van der Waals surface area contributed by atoms with Crippen LogP contribution in [0.3, 0.4) is 0 Å². The molecule has 16 heavy (non-hydrogen) atoms. The maximum atomic E-state index is 11.5. The van der Waals surface area contributed by atoms with Crippen molar-refractivity contribution in [3.63, 3.8) is 0 Å². The lowest BCUT2D eigenvalue weighted by molar-refractivity contribution is -0.118. The summed E-state index contributed by atoms with van der Waals surface area (Å²) in [4.78, 5) is 11.5. The number of nitrogens with one attached hydrogen (secondary N) is 1. The molecular weight excluding hydrogens is 198 g/mol. The van der Waals surface area contributed by atoms with Crippen molar-refractivity contribution >= 4 is 5.78 Å². The Morgan fingerprint density at radius 1 is 1.38 bits per heavy atom. The number of benzene rings is 1. The van der Waals surface area contributed by atoms with Gasteiger partial charge in [-0.2, -0.15) is 0 Å². The zero-order valence-electron chi connectivity index (χ0n) is 10.4. The SMILES string of the molecule is Cc1cccc(CCC(=O)CNC(C)C)c1. The first kappa shape index (κ1) is 12.9. The van der Waals surface area contributed by atoms with Gasteiger partial charge in [0, 0.05) is 12.5 Å². The molecule has 0 spiro atoms. The Morgan fingerprint density at radius 3 is 2.75 bits per heavy atom. The van der Waals surface area contributed by atoms with Gasteiger partial charge in [-0.25, -0.2) is 0 Å². The van der Waals surface area contributed by atoms with Gasteiger partial charge < -0.3 is 5.32 Å². The Bertz CT molecular complexity index is 344. The van der Waals surface area contributed by atoms with E-state index in [-0.39, 0.29) is 5.78 Å². The zero-order chi connectivity index (χ0) is 12.0. The summed E-state index contributed by atoms with van der Waals surface area (Å²) in [6, 6.07) is 8.72. The maximum absolute atomic E-state index is 11.5. The van der Waals surface area contributed by atoms with Crippen molar-refractivity contribution in [1.29, 1.82) is 0 Å². The Morgan fingerprint density at radius 2 is 2.12 bits per heavy atom. The molecule has 1 aromatic carbocycles. The van der Waals surface area contributed by atoms with E-state index in [1.54, 1.807) is 0 Å². The highest BCUT2D eigenvalue weighted by Crippen LogP contribution is 2.06. The molecule has 0 saturated carbocycles. The minimum atomic E-state index is 0.287. The van der Waals surface area contributed by atoms with E-state index in [9.17, 15) is 4.79 Å². The molecule has 88 valence electrons. The summed E-state index contributed by atoms with van der Waals surface area (Å²) in [5.41, 5.74) is 2.50. The number of carbonyl (C=O) groups is 1. The number of carbonyl (C=O) groups excluding carboxylic acids is 1. The third-order valence-corrected chi connectivity index (χ3v) is 2.48. The molecule has 0 amide bonds. The van der Waals surface area contributed by atoms with Gasteiger partial charge in [-0.1, -0.05) is 43.7 Å². The van der Waals surface area contributed by atoms with Crippen LogP contribution in [0.25, 0.3) is 0 Å². The van der Waals surface area contributed by atoms with E-state index in [1.807, 2.05) is 19.9 Å². The van der Waals surface area contributed by atoms with Crippen LogP contribution in [-0.4, -0.2) is 18.4 Å². The predicted octanol–water partition coefficient (Wildman–Crippen LogP) is 2.49. The summed E-state index contributed by atoms with van der Waals surface area (Å²) in [6.45, 7) is 6.66. The monoisotopic (exact) mass is 219 g/mol. The van der Waals surface area contributed by atoms with Crippen LogP contribution < -0.4 is 5.32 Å². The van der Waals surface area contributed by atoms with Gasteiger partial charge in [0.1, 0.15) is 5.78 Å². The summed E-state index contributed by atoms with van der Waals surface area (Å²) >= 11 is 0. The number of rotatable bonds is 6. The quantitative estimate of drug-likeness (QED) is 0.796. The number of hydrogen-bond donors (Lipinski definition) is 1. The molecule has 2 heteroatoms. The second-order valence-electron chi connectivity index (χ2n) is 4.56. The van der Waals surface area contributed by atoms with Crippen LogP contribution in [-0.2, 0) is 11.2 Å². The first-order valence-corrected chi connectivity index (χ1v) is 5.88. The molecule has 0 bridgehead atoms. The van der Waals surface area contributed by atoms with Crippen molar-refractivity contribution in [1.82, 2.24) is 5.32 Å². The molecule has 0 aliphatic heterocycles. The van der Waals surface area contributed by atoms with Crippen LogP contribution in [0.1, 0.15) is 31.4 Å². The van der Waals surface area contributed by atoms with Crippen LogP contribution in [0, 0.1) is 6.92 Å². The number of ketones is 1. The Labute approximate surface area is 98.1 Å². The third-order valence-electron chi connectivity index (χ3n) is 2.48. The second kappa shape index (κ2) is 6.44. The lowest BCUT2D eigenvalue weighted by atomic mass is 10.1. The molecule has 1 N–H and O–H groups in total. The molecule has 1 rings (SSSR count). The average molecular weight is 219 g/mol. The van der Waals surface area contributed by atoms with E-state index in [4.69, 9.17) is 0 Å². The van der Waals surface area contributed by atoms with Crippen molar-refractivity contribution < 1.29 is 4.79 Å². The summed E-state index contributed by atoms with van der Waals surface area (Å²) in [7, 11) is 0. The number of Topliss-reactive ketones (excluding diaryl/α,β-unsaturated/α-hetero) is 1. The summed E-state index contributed by atoms with van der Waals surface area (Å²) in [5, 5.41) is 3.14. The Balaban J connectivity index is 2.31. The molecule has 0 aromatic heterocycles. The number of aryl methyl sites for hydroxylation is 2. The Hall–Kier alpha value is -1.15. The first-order chi connectivity index (χ1) is 7.58. The van der Waals surface area contributed by atoms with Crippen molar-refractivity contribution in [2.75, 3.05) is 6.54 Å². The van der Waals surface area contributed by atoms with Gasteiger partial charge in [0.25, 0.3) is 0 Å². The minimum Gasteiger partial charge on any atom is -0.308 e. The average Bonchev–Trinajstić information content (AvgIpc) is 2.23. The van der Waals surface area contributed by atoms with Gasteiger partial charge in [0.2, 0.25) is 0 Å². The molecule has 1 aromatic rings. The van der Waals surface area contributed by atoms with E-state index >= 15 is 0 Å². The fourth-order valence-electron chi connectivity index (χ4n) is 1.56. The first-order valence-electron chi connectivity index (χ1n) is 5.88. The molecule has 0 unspecified atom stereocenters. The van der Waals surface area contributed by atoms with Crippen molar-refractivity contribution in [3.8, 4) is 0 Å². The van der Waals surface area contributed by atoms with Gasteiger partial charge >= 0.3 is 0 Å². The topological polar surface area (TPSA) is 29.1 Å². The van der Waals surface area contributed by atoms with E-state index in [0.29, 0.717) is 19.0 Å². The molecule has 0 saturated heterocycles. The zero-order valence-corrected chi connectivity index (χ0v) is 10.4. The van der Waals surface area contributed by atoms with Crippen LogP contribution >= 0.6 is 0 Å². The second-order valence-corrected chi connectivity index (χ2v) is 4.56. The fourth-order valence-corrected chi connectivity index (χ4v) is 1.56. The maximum Gasteiger partial charge on any atom is 0.146 e. The van der Waals surface area contributed by atoms with Crippen molar-refractivity contribution in [2.24, 2.45) is 0 Å². The van der Waals surface area contributed by atoms with Crippen LogP contribution in [0.4, 0.5) is 0 Å². The lowest BCUT2D eigenvalue weighted by Gasteiger charge is -2.07. The third kappa shape index (κ3) is 5.08. The smallest absolute Gasteiger partial charge is 0.146 e. The largest absolute Gasteiger partial charge is 0.308 e. The van der Waals surface area contributed by atoms with Gasteiger partial charge in [0.05, 0.1) is 6.54 Å². The highest BCUT2D eigenvalue weighted by molar-refractivity contribution is 5.80. The van der Waals surface area contributed by atoms with Crippen LogP contribution in [0.15, 0.2) is 24.3 Å². The fraction of sp³-hybridized carbons (Fsp3) is 0.500. The minimum absolute atomic E-state index is 0.287. The van der Waals surface area contributed by atoms with Crippen molar-refractivity contribution in [3.05, 3.63) is 35.4 Å². The molecule has 0 fully saturated rings. The van der Waals surface area contributed by atoms with Gasteiger partial charge in [-0.05, 0) is 18.9 Å². The van der Waals surface area contributed by atoms with E-state index in [1.165, 1.54) is 11.1 Å². The number of hydrogen-bond acceptors (Lipinski definition) is 2. The standard InChI is InChI=1S/C14H21NO/c1-11(2)15-10-14(16)8-7-13-6-4-5-12(3)9-13/h4-6,9,11,15H,7-8,10H2,1-3H3. The normalized spacial score (nSPS) is 10.8. The Kier molecular flexibility index (Phi) is 5.20. The summed E-state index contributed by atoms with van der Waals surface area (Å²) in [5.74, 6) is 0.287.